The van der Waals surface area contributed by atoms with Gasteiger partial charge in [0.15, 0.2) is 0 Å². The third-order valence-corrected chi connectivity index (χ3v) is 1.96. The molecule has 0 aromatic carbocycles. The molecule has 1 heterocycles. The van der Waals surface area contributed by atoms with E-state index in [9.17, 15) is 4.79 Å². The van der Waals surface area contributed by atoms with Crippen molar-refractivity contribution in [2.24, 2.45) is 0 Å². The van der Waals surface area contributed by atoms with Gasteiger partial charge in [-0.1, -0.05) is 6.07 Å². The van der Waals surface area contributed by atoms with E-state index in [1.807, 2.05) is 26.0 Å². The van der Waals surface area contributed by atoms with Gasteiger partial charge in [-0.2, -0.15) is 0 Å². The van der Waals surface area contributed by atoms with Crippen LogP contribution in [-0.4, -0.2) is 22.2 Å². The second-order valence-electron chi connectivity index (χ2n) is 3.88. The minimum Gasteiger partial charge on any atom is -0.481 e. The van der Waals surface area contributed by atoms with Crippen LogP contribution in [0.15, 0.2) is 18.2 Å². The molecule has 0 aliphatic heterocycles. The van der Waals surface area contributed by atoms with Gasteiger partial charge < -0.3 is 9.84 Å². The molecule has 16 heavy (non-hydrogen) atoms. The predicted molar refractivity (Wildman–Crippen MR) is 60.6 cm³/mol. The number of aromatic nitrogens is 1. The molecule has 0 unspecified atom stereocenters. The number of aryl methyl sites for hydroxylation is 1. The lowest BCUT2D eigenvalue weighted by Crippen LogP contribution is -2.07. The quantitative estimate of drug-likeness (QED) is 0.803. The highest BCUT2D eigenvalue weighted by Crippen LogP contribution is 2.11. The van der Waals surface area contributed by atoms with E-state index in [4.69, 9.17) is 9.84 Å². The molecule has 1 rings (SSSR count). The lowest BCUT2D eigenvalue weighted by molar-refractivity contribution is -0.137. The normalized spacial score (nSPS) is 10.4. The summed E-state index contributed by atoms with van der Waals surface area (Å²) in [6.45, 7) is 3.89. The van der Waals surface area contributed by atoms with Crippen LogP contribution in [0.1, 0.15) is 32.4 Å². The molecule has 4 nitrogen and oxygen atoms in total. The van der Waals surface area contributed by atoms with E-state index in [-0.39, 0.29) is 12.5 Å². The first-order valence-corrected chi connectivity index (χ1v) is 5.42. The lowest BCUT2D eigenvalue weighted by atomic mass is 10.2. The number of aliphatic carboxylic acids is 1. The van der Waals surface area contributed by atoms with E-state index < -0.39 is 5.97 Å². The van der Waals surface area contributed by atoms with Gasteiger partial charge in [0, 0.05) is 18.2 Å². The summed E-state index contributed by atoms with van der Waals surface area (Å²) in [6, 6.07) is 5.57. The monoisotopic (exact) mass is 223 g/mol. The lowest BCUT2D eigenvalue weighted by Gasteiger charge is -2.09. The van der Waals surface area contributed by atoms with Gasteiger partial charge in [0.1, 0.15) is 0 Å². The maximum Gasteiger partial charge on any atom is 0.303 e. The number of hydrogen-bond donors (Lipinski definition) is 1. The SMILES string of the molecule is CC(C)Oc1cccc(CCCC(=O)O)n1. The number of nitrogens with zero attached hydrogens (tertiary/aromatic N) is 1. The molecule has 1 N–H and O–H groups in total. The fraction of sp³-hybridized carbons (Fsp3) is 0.500. The van der Waals surface area contributed by atoms with Gasteiger partial charge in [-0.3, -0.25) is 4.79 Å². The topological polar surface area (TPSA) is 59.4 Å². The third-order valence-electron chi connectivity index (χ3n) is 1.96. The maximum absolute atomic E-state index is 10.4. The zero-order valence-electron chi connectivity index (χ0n) is 9.64. The number of carboxylic acid groups (broad SMARTS) is 1. The molecule has 4 heteroatoms. The number of rotatable bonds is 6. The summed E-state index contributed by atoms with van der Waals surface area (Å²) in [4.78, 5) is 14.7. The Hall–Kier alpha value is -1.58. The third kappa shape index (κ3) is 4.77. The van der Waals surface area contributed by atoms with Gasteiger partial charge in [-0.05, 0) is 32.8 Å². The van der Waals surface area contributed by atoms with Gasteiger partial charge in [0.2, 0.25) is 5.88 Å². The summed E-state index contributed by atoms with van der Waals surface area (Å²) in [6.07, 6.45) is 1.55. The van der Waals surface area contributed by atoms with E-state index in [0.717, 1.165) is 5.69 Å². The molecule has 1 aromatic rings. The van der Waals surface area contributed by atoms with Gasteiger partial charge in [0.05, 0.1) is 6.10 Å². The van der Waals surface area contributed by atoms with Crippen LogP contribution in [0.4, 0.5) is 0 Å². The highest BCUT2D eigenvalue weighted by atomic mass is 16.5. The Morgan fingerprint density at radius 1 is 1.50 bits per heavy atom. The second-order valence-corrected chi connectivity index (χ2v) is 3.88. The van der Waals surface area contributed by atoms with Crippen molar-refractivity contribution < 1.29 is 14.6 Å². The summed E-state index contributed by atoms with van der Waals surface area (Å²) in [5.41, 5.74) is 0.874. The summed E-state index contributed by atoms with van der Waals surface area (Å²) in [5.74, 6) is -0.169. The Bertz CT molecular complexity index is 350. The summed E-state index contributed by atoms with van der Waals surface area (Å²) >= 11 is 0. The smallest absolute Gasteiger partial charge is 0.303 e. The van der Waals surface area contributed by atoms with E-state index in [0.29, 0.717) is 18.7 Å². The first kappa shape index (κ1) is 12.5. The van der Waals surface area contributed by atoms with E-state index in [1.54, 1.807) is 6.07 Å². The molecular formula is C12H17NO3. The van der Waals surface area contributed by atoms with Crippen molar-refractivity contribution in [2.75, 3.05) is 0 Å². The number of hydrogen-bond acceptors (Lipinski definition) is 3. The highest BCUT2D eigenvalue weighted by molar-refractivity contribution is 5.66. The maximum atomic E-state index is 10.4. The Labute approximate surface area is 95.3 Å². The molecular weight excluding hydrogens is 206 g/mol. The molecule has 0 aliphatic carbocycles. The predicted octanol–water partition coefficient (Wildman–Crippen LogP) is 2.28. The molecule has 0 amide bonds. The molecule has 88 valence electrons. The average Bonchev–Trinajstić information content (AvgIpc) is 2.16. The van der Waals surface area contributed by atoms with Crippen molar-refractivity contribution >= 4 is 5.97 Å². The molecule has 0 fully saturated rings. The van der Waals surface area contributed by atoms with Crippen LogP contribution in [0.5, 0.6) is 5.88 Å². The minimum atomic E-state index is -0.769. The molecule has 0 aliphatic rings. The molecule has 0 spiro atoms. The largest absolute Gasteiger partial charge is 0.481 e. The Balaban J connectivity index is 2.50. The number of carboxylic acids is 1. The summed E-state index contributed by atoms with van der Waals surface area (Å²) < 4.78 is 5.45. The average molecular weight is 223 g/mol. The molecule has 0 bridgehead atoms. The fourth-order valence-electron chi connectivity index (χ4n) is 1.32. The Morgan fingerprint density at radius 2 is 2.25 bits per heavy atom. The van der Waals surface area contributed by atoms with Crippen molar-refractivity contribution in [1.82, 2.24) is 4.98 Å². The second kappa shape index (κ2) is 6.10. The van der Waals surface area contributed by atoms with Crippen LogP contribution >= 0.6 is 0 Å². The van der Waals surface area contributed by atoms with Crippen LogP contribution in [0.25, 0.3) is 0 Å². The van der Waals surface area contributed by atoms with Gasteiger partial charge in [-0.25, -0.2) is 4.98 Å². The van der Waals surface area contributed by atoms with Crippen LogP contribution in [-0.2, 0) is 11.2 Å². The van der Waals surface area contributed by atoms with Crippen LogP contribution < -0.4 is 4.74 Å². The van der Waals surface area contributed by atoms with Crippen LogP contribution in [0.2, 0.25) is 0 Å². The van der Waals surface area contributed by atoms with Crippen molar-refractivity contribution in [3.63, 3.8) is 0 Å². The zero-order chi connectivity index (χ0) is 12.0. The molecule has 0 radical (unpaired) electrons. The fourth-order valence-corrected chi connectivity index (χ4v) is 1.32. The van der Waals surface area contributed by atoms with E-state index in [2.05, 4.69) is 4.98 Å². The first-order valence-electron chi connectivity index (χ1n) is 5.42. The van der Waals surface area contributed by atoms with Crippen LogP contribution in [0, 0.1) is 0 Å². The number of ether oxygens (including phenoxy) is 1. The van der Waals surface area contributed by atoms with E-state index in [1.165, 1.54) is 0 Å². The standard InChI is InChI=1S/C12H17NO3/c1-9(2)16-11-7-3-5-10(13-11)6-4-8-12(14)15/h3,5,7,9H,4,6,8H2,1-2H3,(H,14,15). The highest BCUT2D eigenvalue weighted by Gasteiger charge is 2.02. The van der Waals surface area contributed by atoms with Crippen molar-refractivity contribution in [2.45, 2.75) is 39.2 Å². The van der Waals surface area contributed by atoms with Crippen molar-refractivity contribution in [3.8, 4) is 5.88 Å². The molecule has 1 aromatic heterocycles. The summed E-state index contributed by atoms with van der Waals surface area (Å²) in [7, 11) is 0. The number of carbonyl (C=O) groups is 1. The number of pyridine rings is 1. The van der Waals surface area contributed by atoms with Crippen molar-refractivity contribution in [1.29, 1.82) is 0 Å². The first-order chi connectivity index (χ1) is 7.58. The van der Waals surface area contributed by atoms with Gasteiger partial charge >= 0.3 is 5.97 Å². The zero-order valence-corrected chi connectivity index (χ0v) is 9.64. The van der Waals surface area contributed by atoms with Gasteiger partial charge in [-0.15, -0.1) is 0 Å². The molecule has 0 saturated carbocycles. The van der Waals surface area contributed by atoms with Crippen molar-refractivity contribution in [3.05, 3.63) is 23.9 Å². The Kier molecular flexibility index (Phi) is 4.76. The Morgan fingerprint density at radius 3 is 2.88 bits per heavy atom. The van der Waals surface area contributed by atoms with E-state index >= 15 is 0 Å². The molecule has 0 atom stereocenters. The van der Waals surface area contributed by atoms with Crippen LogP contribution in [0.3, 0.4) is 0 Å². The minimum absolute atomic E-state index is 0.0989. The van der Waals surface area contributed by atoms with Gasteiger partial charge in [0.25, 0.3) is 0 Å². The summed E-state index contributed by atoms with van der Waals surface area (Å²) in [5, 5.41) is 8.52. The molecule has 0 saturated heterocycles.